The van der Waals surface area contributed by atoms with Crippen molar-refractivity contribution in [2.45, 2.75) is 52.4 Å². The van der Waals surface area contributed by atoms with Gasteiger partial charge in [0.05, 0.1) is 5.92 Å². The number of carboxylic acid groups (broad SMARTS) is 1. The monoisotopic (exact) mass is 229 g/mol. The molecule has 0 aliphatic heterocycles. The van der Waals surface area contributed by atoms with E-state index < -0.39 is 11.9 Å². The summed E-state index contributed by atoms with van der Waals surface area (Å²) in [5, 5.41) is 11.5. The zero-order chi connectivity index (χ0) is 12.4. The molecule has 94 valence electrons. The number of rotatable bonds is 9. The number of carbonyl (C=O) groups excluding carboxylic acids is 1. The third-order valence-corrected chi connectivity index (χ3v) is 2.65. The van der Waals surface area contributed by atoms with Crippen LogP contribution in [0.2, 0.25) is 0 Å². The van der Waals surface area contributed by atoms with Crippen LogP contribution in [0.5, 0.6) is 0 Å². The molecule has 0 heterocycles. The Labute approximate surface area is 97.4 Å². The Hall–Kier alpha value is -1.06. The predicted molar refractivity (Wildman–Crippen MR) is 63.2 cm³/mol. The molecule has 4 heteroatoms. The highest BCUT2D eigenvalue weighted by atomic mass is 16.4. The first-order valence-corrected chi connectivity index (χ1v) is 6.11. The first-order valence-electron chi connectivity index (χ1n) is 6.11. The fraction of sp³-hybridized carbons (Fsp3) is 0.833. The number of carboxylic acids is 1. The van der Waals surface area contributed by atoms with E-state index in [2.05, 4.69) is 12.2 Å². The van der Waals surface area contributed by atoms with Gasteiger partial charge in [0.15, 0.2) is 0 Å². The van der Waals surface area contributed by atoms with Crippen LogP contribution in [-0.2, 0) is 9.59 Å². The molecule has 0 aromatic rings. The maximum absolute atomic E-state index is 11.3. The zero-order valence-electron chi connectivity index (χ0n) is 10.3. The molecule has 0 bridgehead atoms. The molecule has 2 N–H and O–H groups in total. The predicted octanol–water partition coefficient (Wildman–Crippen LogP) is 2.18. The van der Waals surface area contributed by atoms with Crippen molar-refractivity contribution in [2.24, 2.45) is 5.92 Å². The molecule has 4 nitrogen and oxygen atoms in total. The number of aliphatic carboxylic acids is 1. The summed E-state index contributed by atoms with van der Waals surface area (Å²) in [5.74, 6) is -1.33. The number of unbranched alkanes of at least 4 members (excludes halogenated alkanes) is 3. The topological polar surface area (TPSA) is 66.4 Å². The van der Waals surface area contributed by atoms with Gasteiger partial charge in [0, 0.05) is 13.0 Å². The van der Waals surface area contributed by atoms with E-state index in [0.717, 1.165) is 25.7 Å². The molecule has 0 spiro atoms. The van der Waals surface area contributed by atoms with E-state index in [1.807, 2.05) is 6.92 Å². The molecule has 0 saturated heterocycles. The van der Waals surface area contributed by atoms with Crippen LogP contribution >= 0.6 is 0 Å². The highest BCUT2D eigenvalue weighted by molar-refractivity contribution is 5.77. The first-order chi connectivity index (χ1) is 7.61. The second kappa shape index (κ2) is 9.19. The second-order valence-electron chi connectivity index (χ2n) is 4.06. The molecule has 0 aromatic carbocycles. The molecule has 0 fully saturated rings. The Balaban J connectivity index is 3.59. The largest absolute Gasteiger partial charge is 0.481 e. The Morgan fingerprint density at radius 3 is 2.38 bits per heavy atom. The lowest BCUT2D eigenvalue weighted by Crippen LogP contribution is -2.32. The van der Waals surface area contributed by atoms with Crippen LogP contribution in [0.4, 0.5) is 0 Å². The van der Waals surface area contributed by atoms with Gasteiger partial charge in [-0.25, -0.2) is 0 Å². The van der Waals surface area contributed by atoms with Crippen molar-refractivity contribution in [3.63, 3.8) is 0 Å². The van der Waals surface area contributed by atoms with E-state index in [1.165, 1.54) is 0 Å². The van der Waals surface area contributed by atoms with Crippen molar-refractivity contribution in [2.75, 3.05) is 6.54 Å². The molecule has 1 atom stereocenters. The summed E-state index contributed by atoms with van der Waals surface area (Å²) in [6.07, 6.45) is 5.32. The van der Waals surface area contributed by atoms with Gasteiger partial charge in [0.1, 0.15) is 0 Å². The summed E-state index contributed by atoms with van der Waals surface area (Å²) >= 11 is 0. The number of amides is 1. The van der Waals surface area contributed by atoms with Gasteiger partial charge in [-0.05, 0) is 12.8 Å². The smallest absolute Gasteiger partial charge is 0.308 e. The normalized spacial score (nSPS) is 12.1. The van der Waals surface area contributed by atoms with Gasteiger partial charge in [-0.2, -0.15) is 0 Å². The number of nitrogens with one attached hydrogen (secondary N) is 1. The average Bonchev–Trinajstić information content (AvgIpc) is 2.25. The van der Waals surface area contributed by atoms with Gasteiger partial charge in [-0.1, -0.05) is 33.1 Å². The Morgan fingerprint density at radius 1 is 1.19 bits per heavy atom. The Kier molecular flexibility index (Phi) is 8.58. The fourth-order valence-electron chi connectivity index (χ4n) is 1.44. The van der Waals surface area contributed by atoms with E-state index in [4.69, 9.17) is 5.11 Å². The molecule has 0 rings (SSSR count). The van der Waals surface area contributed by atoms with E-state index >= 15 is 0 Å². The quantitative estimate of drug-likeness (QED) is 0.595. The molecule has 0 aromatic heterocycles. The van der Waals surface area contributed by atoms with E-state index in [1.54, 1.807) is 0 Å². The molecule has 1 unspecified atom stereocenters. The van der Waals surface area contributed by atoms with Crippen LogP contribution in [0.1, 0.15) is 52.4 Å². The molecule has 0 aliphatic carbocycles. The number of carbonyl (C=O) groups is 2. The summed E-state index contributed by atoms with van der Waals surface area (Å²) < 4.78 is 0. The highest BCUT2D eigenvalue weighted by Gasteiger charge is 2.15. The second-order valence-corrected chi connectivity index (χ2v) is 4.06. The van der Waals surface area contributed by atoms with Crippen LogP contribution < -0.4 is 5.32 Å². The van der Waals surface area contributed by atoms with Crippen LogP contribution in [0, 0.1) is 5.92 Å². The maximum Gasteiger partial charge on any atom is 0.308 e. The fourth-order valence-corrected chi connectivity index (χ4v) is 1.44. The van der Waals surface area contributed by atoms with Crippen molar-refractivity contribution in [1.82, 2.24) is 5.32 Å². The lowest BCUT2D eigenvalue weighted by atomic mass is 10.1. The molecular formula is C12H23NO3. The number of hydrogen-bond acceptors (Lipinski definition) is 2. The van der Waals surface area contributed by atoms with Gasteiger partial charge in [0.25, 0.3) is 0 Å². The summed E-state index contributed by atoms with van der Waals surface area (Å²) in [5.41, 5.74) is 0. The molecule has 0 aliphatic rings. The third kappa shape index (κ3) is 7.26. The van der Waals surface area contributed by atoms with E-state index in [-0.39, 0.29) is 12.5 Å². The highest BCUT2D eigenvalue weighted by Crippen LogP contribution is 2.03. The van der Waals surface area contributed by atoms with Gasteiger partial charge >= 0.3 is 5.97 Å². The Morgan fingerprint density at radius 2 is 1.88 bits per heavy atom. The lowest BCUT2D eigenvalue weighted by Gasteiger charge is -2.10. The van der Waals surface area contributed by atoms with Gasteiger partial charge in [0.2, 0.25) is 5.91 Å². The molecule has 1 amide bonds. The minimum atomic E-state index is -0.839. The zero-order valence-corrected chi connectivity index (χ0v) is 10.3. The van der Waals surface area contributed by atoms with Crippen LogP contribution in [0.15, 0.2) is 0 Å². The van der Waals surface area contributed by atoms with Crippen molar-refractivity contribution in [3.8, 4) is 0 Å². The summed E-state index contributed by atoms with van der Waals surface area (Å²) in [4.78, 5) is 22.0. The average molecular weight is 229 g/mol. The first kappa shape index (κ1) is 14.9. The molecule has 0 radical (unpaired) electrons. The van der Waals surface area contributed by atoms with E-state index in [0.29, 0.717) is 12.8 Å². The maximum atomic E-state index is 11.3. The van der Waals surface area contributed by atoms with Gasteiger partial charge in [-0.15, -0.1) is 0 Å². The summed E-state index contributed by atoms with van der Waals surface area (Å²) in [6, 6.07) is 0. The minimum absolute atomic E-state index is 0.0317. The van der Waals surface area contributed by atoms with Crippen molar-refractivity contribution in [3.05, 3.63) is 0 Å². The van der Waals surface area contributed by atoms with Gasteiger partial charge < -0.3 is 10.4 Å². The van der Waals surface area contributed by atoms with E-state index in [9.17, 15) is 9.59 Å². The summed E-state index contributed by atoms with van der Waals surface area (Å²) in [6.45, 7) is 4.18. The number of hydrogen-bond donors (Lipinski definition) is 2. The van der Waals surface area contributed by atoms with Gasteiger partial charge in [-0.3, -0.25) is 9.59 Å². The third-order valence-electron chi connectivity index (χ3n) is 2.65. The summed E-state index contributed by atoms with van der Waals surface area (Å²) in [7, 11) is 0. The van der Waals surface area contributed by atoms with Crippen LogP contribution in [-0.4, -0.2) is 23.5 Å². The molecular weight excluding hydrogens is 206 g/mol. The van der Waals surface area contributed by atoms with Crippen molar-refractivity contribution < 1.29 is 14.7 Å². The SMILES string of the molecule is CCCCCCC(=O)NCC(CC)C(=O)O. The lowest BCUT2D eigenvalue weighted by molar-refractivity contribution is -0.141. The van der Waals surface area contributed by atoms with Crippen molar-refractivity contribution >= 4 is 11.9 Å². The molecule has 0 saturated carbocycles. The Bertz CT molecular complexity index is 216. The van der Waals surface area contributed by atoms with Crippen molar-refractivity contribution in [1.29, 1.82) is 0 Å². The standard InChI is InChI=1S/C12H23NO3/c1-3-5-6-7-8-11(14)13-9-10(4-2)12(15)16/h10H,3-9H2,1-2H3,(H,13,14)(H,15,16). The van der Waals surface area contributed by atoms with Crippen LogP contribution in [0.3, 0.4) is 0 Å². The molecule has 16 heavy (non-hydrogen) atoms. The minimum Gasteiger partial charge on any atom is -0.481 e. The van der Waals surface area contributed by atoms with Crippen LogP contribution in [0.25, 0.3) is 0 Å².